The van der Waals surface area contributed by atoms with E-state index in [2.05, 4.69) is 4.74 Å². The van der Waals surface area contributed by atoms with Crippen LogP contribution in [0.3, 0.4) is 0 Å². The van der Waals surface area contributed by atoms with Gasteiger partial charge < -0.3 is 19.8 Å². The molecule has 14 heavy (non-hydrogen) atoms. The second-order valence-corrected chi connectivity index (χ2v) is 3.00. The Balaban J connectivity index is 2.81. The van der Waals surface area contributed by atoms with E-state index < -0.39 is 6.16 Å². The average molecular weight is 219 g/mol. The Kier molecular flexibility index (Phi) is 3.24. The van der Waals surface area contributed by atoms with Crippen molar-refractivity contribution in [3.05, 3.63) is 11.2 Å². The zero-order valence-corrected chi connectivity index (χ0v) is 8.67. The number of ether oxygens (including phenoxy) is 2. The van der Waals surface area contributed by atoms with Gasteiger partial charge in [0.25, 0.3) is 0 Å². The van der Waals surface area contributed by atoms with Crippen molar-refractivity contribution >= 4 is 23.4 Å². The second-order valence-electron chi connectivity index (χ2n) is 2.59. The van der Waals surface area contributed by atoms with Gasteiger partial charge in [-0.15, -0.1) is 0 Å². The van der Waals surface area contributed by atoms with E-state index >= 15 is 0 Å². The molecule has 0 bridgehead atoms. The molecule has 2 N–H and O–H groups in total. The Hall–Kier alpha value is -1.36. The molecule has 6 heteroatoms. The van der Waals surface area contributed by atoms with Crippen LogP contribution in [-0.4, -0.2) is 17.3 Å². The highest BCUT2D eigenvalue weighted by Gasteiger charge is 2.15. The molecule has 0 spiro atoms. The minimum atomic E-state index is -0.794. The molecule has 0 radical (unpaired) electrons. The largest absolute Gasteiger partial charge is 0.515 e. The molecular weight excluding hydrogens is 208 g/mol. The molecule has 78 valence electrons. The van der Waals surface area contributed by atoms with E-state index in [0.717, 1.165) is 0 Å². The van der Waals surface area contributed by atoms with Gasteiger partial charge in [-0.1, -0.05) is 11.6 Å². The van der Waals surface area contributed by atoms with Gasteiger partial charge in [-0.2, -0.15) is 0 Å². The summed E-state index contributed by atoms with van der Waals surface area (Å²) in [4.78, 5) is 11.0. The van der Waals surface area contributed by atoms with E-state index in [0.29, 0.717) is 5.02 Å². The van der Waals surface area contributed by atoms with Crippen molar-refractivity contribution in [2.24, 2.45) is 7.05 Å². The van der Waals surface area contributed by atoms with Gasteiger partial charge in [0.05, 0.1) is 11.6 Å². The Bertz CT molecular complexity index is 349. The van der Waals surface area contributed by atoms with Gasteiger partial charge in [-0.25, -0.2) is 4.79 Å². The molecule has 0 aliphatic heterocycles. The number of anilines is 1. The highest BCUT2D eigenvalue weighted by Crippen LogP contribution is 2.30. The lowest BCUT2D eigenvalue weighted by Crippen LogP contribution is -2.12. The summed E-state index contributed by atoms with van der Waals surface area (Å²) in [5, 5.41) is 0.340. The molecule has 0 amide bonds. The molecular formula is C8H11ClN2O3. The van der Waals surface area contributed by atoms with E-state index in [-0.39, 0.29) is 18.2 Å². The number of nitrogens with zero attached hydrogens (tertiary/aromatic N) is 1. The number of carbonyl (C=O) groups excluding carboxylic acids is 1. The summed E-state index contributed by atoms with van der Waals surface area (Å²) in [6.07, 6.45) is 0.753. The molecule has 5 nitrogen and oxygen atoms in total. The lowest BCUT2D eigenvalue weighted by molar-refractivity contribution is 0.102. The Morgan fingerprint density at radius 3 is 2.79 bits per heavy atom. The van der Waals surface area contributed by atoms with Crippen molar-refractivity contribution in [1.82, 2.24) is 4.57 Å². The van der Waals surface area contributed by atoms with Gasteiger partial charge in [0.2, 0.25) is 5.88 Å². The molecule has 1 heterocycles. The number of aromatic nitrogens is 1. The average Bonchev–Trinajstić information content (AvgIpc) is 2.33. The minimum Gasteiger partial charge on any atom is -0.434 e. The van der Waals surface area contributed by atoms with E-state index in [9.17, 15) is 4.79 Å². The standard InChI is InChI=1S/C8H11ClN2O3/c1-3-13-8(12)14-7-6(10)5(9)4-11(7)2/h4H,3,10H2,1-2H3. The van der Waals surface area contributed by atoms with Crippen molar-refractivity contribution < 1.29 is 14.3 Å². The number of hydrogen-bond donors (Lipinski definition) is 1. The summed E-state index contributed by atoms with van der Waals surface area (Å²) in [5.74, 6) is 0.188. The molecule has 0 atom stereocenters. The zero-order chi connectivity index (χ0) is 10.7. The lowest BCUT2D eigenvalue weighted by Gasteiger charge is -2.05. The van der Waals surface area contributed by atoms with Crippen LogP contribution in [0.1, 0.15) is 6.92 Å². The molecule has 0 unspecified atom stereocenters. The molecule has 0 aliphatic carbocycles. The minimum absolute atomic E-state index is 0.188. The first-order chi connectivity index (χ1) is 6.56. The summed E-state index contributed by atoms with van der Waals surface area (Å²) >= 11 is 5.72. The number of rotatable bonds is 2. The van der Waals surface area contributed by atoms with Crippen LogP contribution >= 0.6 is 11.6 Å². The topological polar surface area (TPSA) is 66.5 Å². The van der Waals surface area contributed by atoms with Gasteiger partial charge >= 0.3 is 6.16 Å². The van der Waals surface area contributed by atoms with Gasteiger partial charge in [0.1, 0.15) is 5.69 Å². The smallest absolute Gasteiger partial charge is 0.434 e. The van der Waals surface area contributed by atoms with Crippen LogP contribution in [0.2, 0.25) is 5.02 Å². The number of halogens is 1. The van der Waals surface area contributed by atoms with Crippen LogP contribution in [0, 0.1) is 0 Å². The molecule has 0 aliphatic rings. The van der Waals surface area contributed by atoms with Gasteiger partial charge in [-0.05, 0) is 6.92 Å². The predicted molar refractivity (Wildman–Crippen MR) is 52.5 cm³/mol. The number of nitrogen functional groups attached to an aromatic ring is 1. The van der Waals surface area contributed by atoms with E-state index in [1.165, 1.54) is 4.57 Å². The number of nitrogens with two attached hydrogens (primary N) is 1. The van der Waals surface area contributed by atoms with Gasteiger partial charge in [0.15, 0.2) is 0 Å². The Morgan fingerprint density at radius 1 is 1.71 bits per heavy atom. The summed E-state index contributed by atoms with van der Waals surface area (Å²) < 4.78 is 10.9. The first-order valence-corrected chi connectivity index (χ1v) is 4.39. The van der Waals surface area contributed by atoms with Crippen molar-refractivity contribution in [2.75, 3.05) is 12.3 Å². The first kappa shape index (κ1) is 10.7. The molecule has 1 aromatic heterocycles. The van der Waals surface area contributed by atoms with E-state index in [4.69, 9.17) is 22.1 Å². The maximum absolute atomic E-state index is 11.0. The highest BCUT2D eigenvalue weighted by atomic mass is 35.5. The van der Waals surface area contributed by atoms with Crippen molar-refractivity contribution in [3.8, 4) is 5.88 Å². The third kappa shape index (κ3) is 2.11. The number of carbonyl (C=O) groups is 1. The summed E-state index contributed by atoms with van der Waals surface area (Å²) in [7, 11) is 1.66. The van der Waals surface area contributed by atoms with Crippen molar-refractivity contribution in [3.63, 3.8) is 0 Å². The zero-order valence-electron chi connectivity index (χ0n) is 7.91. The van der Waals surface area contributed by atoms with Crippen molar-refractivity contribution in [2.45, 2.75) is 6.92 Å². The van der Waals surface area contributed by atoms with Gasteiger partial charge in [0, 0.05) is 13.2 Å². The van der Waals surface area contributed by atoms with Crippen molar-refractivity contribution in [1.29, 1.82) is 0 Å². The maximum Gasteiger partial charge on any atom is 0.515 e. The number of aryl methyl sites for hydroxylation is 1. The maximum atomic E-state index is 11.0. The van der Waals surface area contributed by atoms with Crippen LogP contribution in [-0.2, 0) is 11.8 Å². The molecule has 1 aromatic rings. The fraction of sp³-hybridized carbons (Fsp3) is 0.375. The molecule has 0 saturated carbocycles. The Morgan fingerprint density at radius 2 is 2.36 bits per heavy atom. The van der Waals surface area contributed by atoms with Crippen LogP contribution in [0.5, 0.6) is 5.88 Å². The SMILES string of the molecule is CCOC(=O)Oc1c(N)c(Cl)cn1C. The van der Waals surface area contributed by atoms with Gasteiger partial charge in [-0.3, -0.25) is 0 Å². The second kappa shape index (κ2) is 4.23. The summed E-state index contributed by atoms with van der Waals surface area (Å²) in [6.45, 7) is 1.93. The van der Waals surface area contributed by atoms with Crippen LogP contribution < -0.4 is 10.5 Å². The summed E-state index contributed by atoms with van der Waals surface area (Å²) in [5.41, 5.74) is 5.79. The van der Waals surface area contributed by atoms with E-state index in [1.807, 2.05) is 0 Å². The number of hydrogen-bond acceptors (Lipinski definition) is 4. The highest BCUT2D eigenvalue weighted by molar-refractivity contribution is 6.33. The quantitative estimate of drug-likeness (QED) is 0.769. The third-order valence-corrected chi connectivity index (χ3v) is 1.86. The molecule has 0 aromatic carbocycles. The fourth-order valence-electron chi connectivity index (χ4n) is 0.944. The Labute approximate surface area is 86.3 Å². The normalized spacial score (nSPS) is 9.93. The van der Waals surface area contributed by atoms with E-state index in [1.54, 1.807) is 20.2 Å². The van der Waals surface area contributed by atoms with Crippen LogP contribution in [0.25, 0.3) is 0 Å². The predicted octanol–water partition coefficient (Wildman–Crippen LogP) is 1.80. The lowest BCUT2D eigenvalue weighted by atomic mass is 10.5. The molecule has 0 fully saturated rings. The molecule has 0 saturated heterocycles. The monoisotopic (exact) mass is 218 g/mol. The third-order valence-electron chi connectivity index (χ3n) is 1.56. The fourth-order valence-corrected chi connectivity index (χ4v) is 1.17. The summed E-state index contributed by atoms with van der Waals surface area (Å²) in [6, 6.07) is 0. The van der Waals surface area contributed by atoms with Crippen LogP contribution in [0.15, 0.2) is 6.20 Å². The molecule has 1 rings (SSSR count). The first-order valence-electron chi connectivity index (χ1n) is 4.01. The van der Waals surface area contributed by atoms with Crippen LogP contribution in [0.4, 0.5) is 10.5 Å².